The van der Waals surface area contributed by atoms with Gasteiger partial charge in [-0.15, -0.1) is 11.3 Å². The van der Waals surface area contributed by atoms with Crippen molar-refractivity contribution in [2.75, 3.05) is 0 Å². The second-order valence-corrected chi connectivity index (χ2v) is 3.51. The topological polar surface area (TPSA) is 37.3 Å². The number of carbonyl (C=O) groups is 1. The molecule has 1 N–H and O–H groups in total. The molecule has 0 aliphatic heterocycles. The molecule has 0 radical (unpaired) electrons. The number of rotatable bonds is 0. The van der Waals surface area contributed by atoms with Gasteiger partial charge in [0.1, 0.15) is 0 Å². The van der Waals surface area contributed by atoms with Crippen LogP contribution in [0.4, 0.5) is 0 Å². The van der Waals surface area contributed by atoms with E-state index in [2.05, 4.69) is 21.9 Å². The molecule has 1 aromatic heterocycles. The van der Waals surface area contributed by atoms with Crippen LogP contribution in [-0.2, 0) is 4.79 Å². The second kappa shape index (κ2) is 3.56. The molecule has 0 aliphatic rings. The van der Waals surface area contributed by atoms with E-state index in [-0.39, 0.29) is 0 Å². The Balaban J connectivity index is 2.82. The number of hydrogen-bond donors (Lipinski definition) is 1. The van der Waals surface area contributed by atoms with E-state index < -0.39 is 5.97 Å². The van der Waals surface area contributed by atoms with Crippen molar-refractivity contribution >= 4 is 33.2 Å². The van der Waals surface area contributed by atoms with Gasteiger partial charge in [0.05, 0.1) is 4.88 Å². The molecule has 0 aromatic carbocycles. The molecule has 0 spiro atoms. The van der Waals surface area contributed by atoms with E-state index in [4.69, 9.17) is 5.11 Å². The minimum Gasteiger partial charge on any atom is -0.472 e. The number of thiophene rings is 1. The third-order valence-corrected chi connectivity index (χ3v) is 2.47. The van der Waals surface area contributed by atoms with E-state index >= 15 is 0 Å². The van der Waals surface area contributed by atoms with E-state index in [0.717, 1.165) is 9.35 Å². The normalized spacial score (nSPS) is 8.45. The molecule has 0 bridgehead atoms. The molecule has 1 rings (SSSR count). The van der Waals surface area contributed by atoms with Crippen molar-refractivity contribution in [2.45, 2.75) is 0 Å². The summed E-state index contributed by atoms with van der Waals surface area (Å²) in [6.07, 6.45) is 0. The fourth-order valence-electron chi connectivity index (χ4n) is 0.494. The summed E-state index contributed by atoms with van der Waals surface area (Å²) >= 11 is 4.64. The Bertz CT molecular complexity index is 332. The molecule has 0 amide bonds. The Kier molecular flexibility index (Phi) is 2.69. The standard InChI is InChI=1S/C7H3BrO2S/c8-5-3-6(11-4-5)1-2-7(9)10/h3-4H,(H,9,10). The average molecular weight is 231 g/mol. The minimum atomic E-state index is -1.10. The van der Waals surface area contributed by atoms with E-state index in [9.17, 15) is 4.79 Å². The number of hydrogen-bond acceptors (Lipinski definition) is 2. The summed E-state index contributed by atoms with van der Waals surface area (Å²) in [5, 5.41) is 10.1. The molecule has 1 heterocycles. The first-order valence-electron chi connectivity index (χ1n) is 2.67. The Labute approximate surface area is 76.0 Å². The fourth-order valence-corrected chi connectivity index (χ4v) is 1.77. The zero-order valence-electron chi connectivity index (χ0n) is 5.30. The third-order valence-electron chi connectivity index (χ3n) is 0.860. The summed E-state index contributed by atoms with van der Waals surface area (Å²) in [5.74, 6) is 3.43. The molecule has 0 atom stereocenters. The predicted molar refractivity (Wildman–Crippen MR) is 46.5 cm³/mol. The van der Waals surface area contributed by atoms with Crippen molar-refractivity contribution < 1.29 is 9.90 Å². The van der Waals surface area contributed by atoms with Gasteiger partial charge < -0.3 is 5.11 Å². The maximum absolute atomic E-state index is 10.00. The number of carboxylic acids is 1. The number of carboxylic acid groups (broad SMARTS) is 1. The van der Waals surface area contributed by atoms with Crippen molar-refractivity contribution in [3.05, 3.63) is 20.8 Å². The van der Waals surface area contributed by atoms with Gasteiger partial charge in [0, 0.05) is 15.8 Å². The summed E-state index contributed by atoms with van der Waals surface area (Å²) < 4.78 is 0.928. The Hall–Kier alpha value is -0.790. The van der Waals surface area contributed by atoms with Gasteiger partial charge in [-0.05, 0) is 27.9 Å². The molecule has 0 fully saturated rings. The molecule has 56 valence electrons. The number of halogens is 1. The van der Waals surface area contributed by atoms with Crippen molar-refractivity contribution in [1.82, 2.24) is 0 Å². The maximum Gasteiger partial charge on any atom is 0.382 e. The lowest BCUT2D eigenvalue weighted by molar-refractivity contribution is -0.130. The van der Waals surface area contributed by atoms with Crippen LogP contribution in [0.25, 0.3) is 0 Å². The smallest absolute Gasteiger partial charge is 0.382 e. The summed E-state index contributed by atoms with van der Waals surface area (Å²) in [6, 6.07) is 1.78. The van der Waals surface area contributed by atoms with E-state index in [0.29, 0.717) is 0 Å². The summed E-state index contributed by atoms with van der Waals surface area (Å²) in [6.45, 7) is 0. The lowest BCUT2D eigenvalue weighted by Crippen LogP contribution is -1.85. The number of aliphatic carboxylic acids is 1. The molecule has 2 nitrogen and oxygen atoms in total. The largest absolute Gasteiger partial charge is 0.472 e. The summed E-state index contributed by atoms with van der Waals surface area (Å²) in [4.78, 5) is 10.7. The van der Waals surface area contributed by atoms with Crippen LogP contribution in [0.3, 0.4) is 0 Å². The van der Waals surface area contributed by atoms with Crippen molar-refractivity contribution in [1.29, 1.82) is 0 Å². The first kappa shape index (κ1) is 8.31. The van der Waals surface area contributed by atoms with E-state index in [1.807, 2.05) is 11.3 Å². The van der Waals surface area contributed by atoms with Crippen LogP contribution in [0, 0.1) is 11.8 Å². The van der Waals surface area contributed by atoms with Crippen LogP contribution in [0.5, 0.6) is 0 Å². The molecule has 4 heteroatoms. The highest BCUT2D eigenvalue weighted by Crippen LogP contribution is 2.18. The Morgan fingerprint density at radius 3 is 2.91 bits per heavy atom. The van der Waals surface area contributed by atoms with Gasteiger partial charge in [-0.25, -0.2) is 4.79 Å². The van der Waals surface area contributed by atoms with Crippen molar-refractivity contribution in [2.24, 2.45) is 0 Å². The van der Waals surface area contributed by atoms with Gasteiger partial charge in [0.2, 0.25) is 0 Å². The molecule has 0 unspecified atom stereocenters. The van der Waals surface area contributed by atoms with Crippen molar-refractivity contribution in [3.63, 3.8) is 0 Å². The molecular formula is C7H3BrO2S. The van der Waals surface area contributed by atoms with Crippen LogP contribution in [0.15, 0.2) is 15.9 Å². The highest BCUT2D eigenvalue weighted by Gasteiger charge is 1.92. The summed E-state index contributed by atoms with van der Waals surface area (Å²) in [7, 11) is 0. The van der Waals surface area contributed by atoms with Crippen LogP contribution in [-0.4, -0.2) is 11.1 Å². The van der Waals surface area contributed by atoms with Gasteiger partial charge in [0.15, 0.2) is 0 Å². The molecule has 11 heavy (non-hydrogen) atoms. The van der Waals surface area contributed by atoms with Gasteiger partial charge in [-0.3, -0.25) is 0 Å². The zero-order valence-corrected chi connectivity index (χ0v) is 7.70. The highest BCUT2D eigenvalue weighted by molar-refractivity contribution is 9.10. The monoisotopic (exact) mass is 230 g/mol. The molecular weight excluding hydrogens is 228 g/mol. The quantitative estimate of drug-likeness (QED) is 0.693. The highest BCUT2D eigenvalue weighted by atomic mass is 79.9. The van der Waals surface area contributed by atoms with Crippen LogP contribution < -0.4 is 0 Å². The zero-order chi connectivity index (χ0) is 8.27. The fraction of sp³-hybridized carbons (Fsp3) is 0. The lowest BCUT2D eigenvalue weighted by Gasteiger charge is -1.73. The van der Waals surface area contributed by atoms with Gasteiger partial charge in [-0.2, -0.15) is 0 Å². The first-order valence-corrected chi connectivity index (χ1v) is 4.35. The summed E-state index contributed by atoms with van der Waals surface area (Å²) in [5.41, 5.74) is 0. The predicted octanol–water partition coefficient (Wildman–Crippen LogP) is 1.95. The molecule has 0 saturated heterocycles. The minimum absolute atomic E-state index is 0.749. The Morgan fingerprint density at radius 1 is 1.73 bits per heavy atom. The SMILES string of the molecule is O=C(O)C#Cc1cc(Br)cs1. The van der Waals surface area contributed by atoms with Gasteiger partial charge in [0.25, 0.3) is 0 Å². The lowest BCUT2D eigenvalue weighted by atomic mass is 10.4. The van der Waals surface area contributed by atoms with Gasteiger partial charge >= 0.3 is 5.97 Å². The van der Waals surface area contributed by atoms with Gasteiger partial charge in [-0.1, -0.05) is 0 Å². The van der Waals surface area contributed by atoms with E-state index in [1.54, 1.807) is 6.07 Å². The van der Waals surface area contributed by atoms with Crippen LogP contribution >= 0.6 is 27.3 Å². The molecule has 0 aliphatic carbocycles. The Morgan fingerprint density at radius 2 is 2.45 bits per heavy atom. The van der Waals surface area contributed by atoms with Crippen molar-refractivity contribution in [3.8, 4) is 11.8 Å². The third kappa shape index (κ3) is 2.74. The van der Waals surface area contributed by atoms with Crippen LogP contribution in [0.2, 0.25) is 0 Å². The van der Waals surface area contributed by atoms with E-state index in [1.165, 1.54) is 11.3 Å². The maximum atomic E-state index is 10.00. The molecule has 1 aromatic rings. The average Bonchev–Trinajstić information content (AvgIpc) is 2.31. The first-order chi connectivity index (χ1) is 5.18. The van der Waals surface area contributed by atoms with Crippen LogP contribution in [0.1, 0.15) is 4.88 Å². The molecule has 0 saturated carbocycles. The second-order valence-electron chi connectivity index (χ2n) is 1.68.